The molecule has 7 heteroatoms. The summed E-state index contributed by atoms with van der Waals surface area (Å²) in [5.74, 6) is 0. The number of nitrogens with zero attached hydrogens (tertiary/aromatic N) is 3. The van der Waals surface area contributed by atoms with Gasteiger partial charge in [0.05, 0.1) is 6.04 Å². The number of hydrogen-bond donors (Lipinski definition) is 1. The summed E-state index contributed by atoms with van der Waals surface area (Å²) in [7, 11) is -3.70. The van der Waals surface area contributed by atoms with Crippen molar-refractivity contribution in [2.75, 3.05) is 0 Å². The highest BCUT2D eigenvalue weighted by atomic mass is 32.2. The van der Waals surface area contributed by atoms with Gasteiger partial charge >= 0.3 is 0 Å². The van der Waals surface area contributed by atoms with Gasteiger partial charge in [-0.3, -0.25) is 9.67 Å². The molecule has 140 valence electrons. The van der Waals surface area contributed by atoms with Crippen LogP contribution in [0.4, 0.5) is 0 Å². The fraction of sp³-hybridized carbons (Fsp3) is 0.300. The maximum Gasteiger partial charge on any atom is 0.244 e. The smallest absolute Gasteiger partial charge is 0.244 e. The van der Waals surface area contributed by atoms with Crippen molar-refractivity contribution in [3.63, 3.8) is 0 Å². The number of pyridine rings is 1. The van der Waals surface area contributed by atoms with E-state index in [1.807, 2.05) is 35.0 Å². The first-order valence-electron chi connectivity index (χ1n) is 9.16. The molecule has 1 aliphatic carbocycles. The summed E-state index contributed by atoms with van der Waals surface area (Å²) in [4.78, 5) is 4.19. The molecule has 6 nitrogen and oxygen atoms in total. The first-order valence-corrected chi connectivity index (χ1v) is 10.6. The van der Waals surface area contributed by atoms with Crippen molar-refractivity contribution in [3.8, 4) is 11.3 Å². The van der Waals surface area contributed by atoms with Gasteiger partial charge < -0.3 is 0 Å². The van der Waals surface area contributed by atoms with Crippen LogP contribution >= 0.6 is 0 Å². The molecule has 2 aromatic heterocycles. The second-order valence-corrected chi connectivity index (χ2v) is 8.54. The largest absolute Gasteiger partial charge is 0.268 e. The zero-order valence-electron chi connectivity index (χ0n) is 15.0. The average molecular weight is 382 g/mol. The van der Waals surface area contributed by atoms with Crippen LogP contribution in [-0.2, 0) is 16.6 Å². The maximum atomic E-state index is 13.0. The normalized spacial score (nSPS) is 15.3. The Bertz CT molecular complexity index is 995. The summed E-state index contributed by atoms with van der Waals surface area (Å²) in [5, 5.41) is 4.67. The third kappa shape index (κ3) is 3.94. The Kier molecular flexibility index (Phi) is 5.05. The summed E-state index contributed by atoms with van der Waals surface area (Å²) in [6.07, 6.45) is 9.39. The molecule has 1 aromatic carbocycles. The number of sulfonamides is 1. The van der Waals surface area contributed by atoms with Crippen LogP contribution in [0.3, 0.4) is 0 Å². The van der Waals surface area contributed by atoms with Gasteiger partial charge in [-0.15, -0.1) is 0 Å². The van der Waals surface area contributed by atoms with Crippen molar-refractivity contribution in [2.24, 2.45) is 0 Å². The van der Waals surface area contributed by atoms with E-state index in [4.69, 9.17) is 0 Å². The fourth-order valence-corrected chi connectivity index (χ4v) is 4.65. The third-order valence-corrected chi connectivity index (χ3v) is 6.35. The molecular formula is C20H22N4O2S. The van der Waals surface area contributed by atoms with Crippen LogP contribution < -0.4 is 4.72 Å². The van der Waals surface area contributed by atoms with E-state index in [9.17, 15) is 8.42 Å². The molecule has 0 spiro atoms. The van der Waals surface area contributed by atoms with E-state index in [1.54, 1.807) is 30.7 Å². The first-order chi connectivity index (χ1) is 13.1. The van der Waals surface area contributed by atoms with Crippen molar-refractivity contribution in [3.05, 3.63) is 66.6 Å². The lowest BCUT2D eigenvalue weighted by Gasteiger charge is -2.08. The molecular weight excluding hydrogens is 360 g/mol. The van der Waals surface area contributed by atoms with Gasteiger partial charge in [0.25, 0.3) is 0 Å². The molecule has 0 unspecified atom stereocenters. The monoisotopic (exact) mass is 382 g/mol. The van der Waals surface area contributed by atoms with Crippen molar-refractivity contribution < 1.29 is 8.42 Å². The van der Waals surface area contributed by atoms with Crippen molar-refractivity contribution in [1.29, 1.82) is 0 Å². The first kappa shape index (κ1) is 17.9. The molecule has 0 atom stereocenters. The summed E-state index contributed by atoms with van der Waals surface area (Å²) < 4.78 is 30.6. The van der Waals surface area contributed by atoms with Crippen molar-refractivity contribution >= 4 is 10.0 Å². The molecule has 1 fully saturated rings. The van der Waals surface area contributed by atoms with E-state index in [-0.39, 0.29) is 17.5 Å². The summed E-state index contributed by atoms with van der Waals surface area (Å²) >= 11 is 0. The molecule has 3 aromatic rings. The summed E-state index contributed by atoms with van der Waals surface area (Å²) in [5.41, 5.74) is 2.17. The van der Waals surface area contributed by atoms with Gasteiger partial charge in [0.1, 0.15) is 10.6 Å². The minimum absolute atomic E-state index is 0.216. The fourth-order valence-electron chi connectivity index (χ4n) is 3.48. The minimum atomic E-state index is -3.70. The summed E-state index contributed by atoms with van der Waals surface area (Å²) in [6, 6.07) is 13.3. The molecule has 4 rings (SSSR count). The lowest BCUT2D eigenvalue weighted by Crippen LogP contribution is -2.23. The summed E-state index contributed by atoms with van der Waals surface area (Å²) in [6.45, 7) is 0.216. The molecule has 0 radical (unpaired) electrons. The molecule has 2 heterocycles. The van der Waals surface area contributed by atoms with Crippen LogP contribution in [0.1, 0.15) is 37.3 Å². The van der Waals surface area contributed by atoms with Crippen molar-refractivity contribution in [2.45, 2.75) is 43.2 Å². The third-order valence-electron chi connectivity index (χ3n) is 4.95. The van der Waals surface area contributed by atoms with Gasteiger partial charge in [-0.05, 0) is 30.5 Å². The standard InChI is InChI=1S/C20H22N4O2S/c25-27(26,22-14-16-10-12-21-13-11-16)19-15-24(18-8-4-5-9-18)23-20(19)17-6-2-1-3-7-17/h1-3,6-7,10-13,15,18,22H,4-5,8-9,14H2. The van der Waals surface area contributed by atoms with Crippen molar-refractivity contribution in [1.82, 2.24) is 19.5 Å². The lowest BCUT2D eigenvalue weighted by molar-refractivity contribution is 0.467. The van der Waals surface area contributed by atoms with Gasteiger partial charge in [0, 0.05) is 30.7 Å². The molecule has 1 N–H and O–H groups in total. The highest BCUT2D eigenvalue weighted by Gasteiger charge is 2.26. The van der Waals surface area contributed by atoms with Gasteiger partial charge in [0.15, 0.2) is 0 Å². The van der Waals surface area contributed by atoms with Crippen LogP contribution in [0.15, 0.2) is 66.0 Å². The van der Waals surface area contributed by atoms with Crippen LogP contribution in [0.2, 0.25) is 0 Å². The zero-order valence-corrected chi connectivity index (χ0v) is 15.8. The molecule has 0 bridgehead atoms. The molecule has 1 saturated carbocycles. The molecule has 1 aliphatic rings. The van der Waals surface area contributed by atoms with E-state index in [2.05, 4.69) is 14.8 Å². The minimum Gasteiger partial charge on any atom is -0.268 e. The Morgan fingerprint density at radius 1 is 1.04 bits per heavy atom. The number of hydrogen-bond acceptors (Lipinski definition) is 4. The highest BCUT2D eigenvalue weighted by molar-refractivity contribution is 7.89. The van der Waals surface area contributed by atoms with Gasteiger partial charge in [0.2, 0.25) is 10.0 Å². The second kappa shape index (κ2) is 7.62. The predicted molar refractivity (Wildman–Crippen MR) is 103 cm³/mol. The van der Waals surface area contributed by atoms with E-state index in [1.165, 1.54) is 0 Å². The van der Waals surface area contributed by atoms with Gasteiger partial charge in [-0.2, -0.15) is 5.10 Å². The average Bonchev–Trinajstić information content (AvgIpc) is 3.38. The number of benzene rings is 1. The van der Waals surface area contributed by atoms with Crippen LogP contribution in [0.25, 0.3) is 11.3 Å². The molecule has 27 heavy (non-hydrogen) atoms. The van der Waals surface area contributed by atoms with Gasteiger partial charge in [-0.1, -0.05) is 43.2 Å². The number of rotatable bonds is 6. The Hall–Kier alpha value is -2.51. The quantitative estimate of drug-likeness (QED) is 0.707. The maximum absolute atomic E-state index is 13.0. The van der Waals surface area contributed by atoms with Crippen LogP contribution in [0.5, 0.6) is 0 Å². The van der Waals surface area contributed by atoms with Crippen LogP contribution in [0, 0.1) is 0 Å². The Balaban J connectivity index is 1.69. The molecule has 0 saturated heterocycles. The Labute approximate surface area is 159 Å². The molecule has 0 amide bonds. The predicted octanol–water partition coefficient (Wildman–Crippen LogP) is 3.54. The number of nitrogens with one attached hydrogen (secondary N) is 1. The van der Waals surface area contributed by atoms with E-state index in [0.717, 1.165) is 36.8 Å². The van der Waals surface area contributed by atoms with E-state index < -0.39 is 10.0 Å². The highest BCUT2D eigenvalue weighted by Crippen LogP contribution is 2.33. The van der Waals surface area contributed by atoms with E-state index in [0.29, 0.717) is 5.69 Å². The van der Waals surface area contributed by atoms with E-state index >= 15 is 0 Å². The van der Waals surface area contributed by atoms with Gasteiger partial charge in [-0.25, -0.2) is 13.1 Å². The zero-order chi connectivity index (χ0) is 18.7. The van der Waals surface area contributed by atoms with Crippen LogP contribution in [-0.4, -0.2) is 23.2 Å². The molecule has 0 aliphatic heterocycles. The lowest BCUT2D eigenvalue weighted by atomic mass is 10.2. The SMILES string of the molecule is O=S(=O)(NCc1ccncc1)c1cn(C2CCCC2)nc1-c1ccccc1. The number of aromatic nitrogens is 3. The Morgan fingerprint density at radius 3 is 2.44 bits per heavy atom. The second-order valence-electron chi connectivity index (χ2n) is 6.81. The Morgan fingerprint density at radius 2 is 1.74 bits per heavy atom. The topological polar surface area (TPSA) is 76.9 Å².